The molecule has 0 aromatic rings. The zero-order valence-corrected chi connectivity index (χ0v) is 40.2. The Labute approximate surface area is 383 Å². The lowest BCUT2D eigenvalue weighted by Crippen LogP contribution is -2.64. The van der Waals surface area contributed by atoms with E-state index in [2.05, 4.69) is 12.2 Å². The summed E-state index contributed by atoms with van der Waals surface area (Å²) in [5.41, 5.74) is -0.293. The standard InChI is InChI=1S/C52H98FNO9/c1-2-3-4-5-6-7-8-19-22-25-28-31-34-43(56)46(58)42(38-62-50-49(61)48(60)47(59)44(37-55)63-50)54-45(57)35-32-29-26-23-20-17-15-13-11-9-10-12-14-16-18-21-24-27-30-33-36-51-39-52(53,40-51)41-51/h42-44,46-50,55-56,58-61H,2-41H2,1H3,(H,54,57)/t42-,43+,44+,46-,47-,48-,49+,50-,51?,52?/m0/s1. The molecule has 372 valence electrons. The Morgan fingerprint density at radius 1 is 0.619 bits per heavy atom. The summed E-state index contributed by atoms with van der Waals surface area (Å²) in [5, 5.41) is 65.3. The molecular formula is C52H98FNO9. The van der Waals surface area contributed by atoms with Gasteiger partial charge in [0, 0.05) is 6.42 Å². The summed E-state index contributed by atoms with van der Waals surface area (Å²) in [5.74, 6) is -0.259. The molecule has 63 heavy (non-hydrogen) atoms. The lowest BCUT2D eigenvalue weighted by molar-refractivity contribution is -0.303. The van der Waals surface area contributed by atoms with Gasteiger partial charge in [0.05, 0.1) is 25.4 Å². The summed E-state index contributed by atoms with van der Waals surface area (Å²) in [6.07, 6.45) is 34.4. The van der Waals surface area contributed by atoms with Crippen molar-refractivity contribution in [2.75, 3.05) is 13.2 Å². The van der Waals surface area contributed by atoms with Crippen molar-refractivity contribution >= 4 is 5.91 Å². The third kappa shape index (κ3) is 23.1. The number of rotatable bonds is 43. The first-order chi connectivity index (χ1) is 30.5. The van der Waals surface area contributed by atoms with E-state index in [4.69, 9.17) is 9.47 Å². The van der Waals surface area contributed by atoms with Crippen molar-refractivity contribution in [2.45, 2.75) is 306 Å². The van der Waals surface area contributed by atoms with Gasteiger partial charge in [0.2, 0.25) is 5.91 Å². The fourth-order valence-electron chi connectivity index (χ4n) is 10.6. The van der Waals surface area contributed by atoms with Gasteiger partial charge in [0.1, 0.15) is 36.2 Å². The van der Waals surface area contributed by atoms with Crippen LogP contribution in [0.4, 0.5) is 4.39 Å². The van der Waals surface area contributed by atoms with E-state index in [0.717, 1.165) is 64.2 Å². The SMILES string of the molecule is CCCCCCCCCCCCCC[C@@H](O)[C@@H](O)[C@H](CO[C@H]1O[C@H](CO)[C@H](O)[C@H](O)[C@H]1O)NC(=O)CCCCCCCCCCCCCCCCCCCCCCC12CC(F)(C1)C2. The van der Waals surface area contributed by atoms with E-state index in [1.165, 1.54) is 161 Å². The highest BCUT2D eigenvalue weighted by atomic mass is 19.1. The van der Waals surface area contributed by atoms with E-state index in [1.807, 2.05) is 0 Å². The van der Waals surface area contributed by atoms with E-state index in [0.29, 0.717) is 18.3 Å². The third-order valence-corrected chi connectivity index (χ3v) is 14.7. The van der Waals surface area contributed by atoms with Crippen LogP contribution in [0.25, 0.3) is 0 Å². The number of unbranched alkanes of at least 4 members (excludes halogenated alkanes) is 30. The summed E-state index contributed by atoms with van der Waals surface area (Å²) in [6.45, 7) is 1.33. The van der Waals surface area contributed by atoms with E-state index in [9.17, 15) is 39.8 Å². The molecule has 4 fully saturated rings. The van der Waals surface area contributed by atoms with Gasteiger partial charge in [-0.3, -0.25) is 4.79 Å². The number of hydrogen-bond donors (Lipinski definition) is 7. The van der Waals surface area contributed by atoms with Gasteiger partial charge < -0.3 is 45.4 Å². The molecule has 4 aliphatic rings. The number of ether oxygens (including phenoxy) is 2. The largest absolute Gasteiger partial charge is 0.394 e. The van der Waals surface area contributed by atoms with Crippen LogP contribution in [0.5, 0.6) is 0 Å². The maximum Gasteiger partial charge on any atom is 0.220 e. The van der Waals surface area contributed by atoms with Crippen molar-refractivity contribution < 1.29 is 49.3 Å². The topological polar surface area (TPSA) is 169 Å². The number of hydrogen-bond acceptors (Lipinski definition) is 9. The van der Waals surface area contributed by atoms with Crippen LogP contribution in [0.1, 0.15) is 251 Å². The Kier molecular flexibility index (Phi) is 30.0. The zero-order valence-electron chi connectivity index (χ0n) is 40.2. The van der Waals surface area contributed by atoms with Gasteiger partial charge in [-0.05, 0) is 43.9 Å². The number of alkyl halides is 1. The summed E-state index contributed by atoms with van der Waals surface area (Å²) >= 11 is 0. The van der Waals surface area contributed by atoms with E-state index < -0.39 is 61.2 Å². The van der Waals surface area contributed by atoms with Gasteiger partial charge in [-0.25, -0.2) is 4.39 Å². The molecule has 7 N–H and O–H groups in total. The number of aliphatic hydroxyl groups is 6. The van der Waals surface area contributed by atoms with Crippen LogP contribution in [-0.2, 0) is 14.3 Å². The molecule has 1 aliphatic heterocycles. The lowest BCUT2D eigenvalue weighted by atomic mass is 9.41. The molecule has 1 amide bonds. The number of halogens is 1. The molecule has 1 heterocycles. The van der Waals surface area contributed by atoms with E-state index in [1.54, 1.807) is 0 Å². The van der Waals surface area contributed by atoms with Gasteiger partial charge in [-0.1, -0.05) is 206 Å². The Hall–Kier alpha value is -0.920. The van der Waals surface area contributed by atoms with Crippen molar-refractivity contribution in [1.82, 2.24) is 5.32 Å². The molecule has 8 atom stereocenters. The number of amides is 1. The minimum absolute atomic E-state index is 0.259. The second-order valence-corrected chi connectivity index (χ2v) is 20.7. The van der Waals surface area contributed by atoms with Crippen LogP contribution in [-0.4, -0.2) is 104 Å². The van der Waals surface area contributed by atoms with E-state index in [-0.39, 0.29) is 18.9 Å². The van der Waals surface area contributed by atoms with Crippen LogP contribution < -0.4 is 5.32 Å². The lowest BCUT2D eigenvalue weighted by Gasteiger charge is -2.66. The predicted molar refractivity (Wildman–Crippen MR) is 251 cm³/mol. The minimum Gasteiger partial charge on any atom is -0.394 e. The monoisotopic (exact) mass is 900 g/mol. The number of carbonyl (C=O) groups excluding carboxylic acids is 1. The van der Waals surface area contributed by atoms with Gasteiger partial charge in [-0.2, -0.15) is 0 Å². The van der Waals surface area contributed by atoms with Gasteiger partial charge in [-0.15, -0.1) is 0 Å². The molecule has 4 rings (SSSR count). The summed E-state index contributed by atoms with van der Waals surface area (Å²) in [4.78, 5) is 13.0. The first-order valence-electron chi connectivity index (χ1n) is 26.8. The molecular weight excluding hydrogens is 802 g/mol. The smallest absolute Gasteiger partial charge is 0.220 e. The van der Waals surface area contributed by atoms with Crippen LogP contribution in [0.3, 0.4) is 0 Å². The Balaban J connectivity index is 1.17. The van der Waals surface area contributed by atoms with Crippen molar-refractivity contribution in [2.24, 2.45) is 5.41 Å². The molecule has 0 aromatic heterocycles. The average molecular weight is 900 g/mol. The molecule has 1 saturated heterocycles. The van der Waals surface area contributed by atoms with Crippen LogP contribution in [0.2, 0.25) is 0 Å². The highest BCUT2D eigenvalue weighted by Gasteiger charge is 2.68. The van der Waals surface area contributed by atoms with E-state index >= 15 is 0 Å². The molecule has 0 radical (unpaired) electrons. The fraction of sp³-hybridized carbons (Fsp3) is 0.981. The number of nitrogens with one attached hydrogen (secondary N) is 1. The Morgan fingerprint density at radius 3 is 1.46 bits per heavy atom. The third-order valence-electron chi connectivity index (χ3n) is 14.7. The van der Waals surface area contributed by atoms with Crippen molar-refractivity contribution in [3.8, 4) is 0 Å². The summed E-state index contributed by atoms with van der Waals surface area (Å²) in [6, 6.07) is -0.992. The van der Waals surface area contributed by atoms with Crippen molar-refractivity contribution in [3.63, 3.8) is 0 Å². The highest BCUT2D eigenvalue weighted by Crippen LogP contribution is 2.71. The summed E-state index contributed by atoms with van der Waals surface area (Å²) < 4.78 is 24.8. The molecule has 10 nitrogen and oxygen atoms in total. The average Bonchev–Trinajstić information content (AvgIpc) is 3.25. The Bertz CT molecular complexity index is 1110. The molecule has 0 aromatic carbocycles. The zero-order chi connectivity index (χ0) is 45.6. The van der Waals surface area contributed by atoms with Gasteiger partial charge in [0.15, 0.2) is 6.29 Å². The highest BCUT2D eigenvalue weighted by molar-refractivity contribution is 5.76. The maximum atomic E-state index is 13.6. The Morgan fingerprint density at radius 2 is 1.03 bits per heavy atom. The molecule has 11 heteroatoms. The normalized spacial score (nSPS) is 26.8. The first-order valence-corrected chi connectivity index (χ1v) is 26.8. The predicted octanol–water partition coefficient (Wildman–Crippen LogP) is 10.6. The van der Waals surface area contributed by atoms with Crippen LogP contribution in [0, 0.1) is 5.41 Å². The maximum absolute atomic E-state index is 13.6. The molecule has 0 spiro atoms. The van der Waals surface area contributed by atoms with Crippen LogP contribution >= 0.6 is 0 Å². The molecule has 3 saturated carbocycles. The molecule has 3 aliphatic carbocycles. The minimum atomic E-state index is -1.61. The van der Waals surface area contributed by atoms with Gasteiger partial charge in [0.25, 0.3) is 0 Å². The fourth-order valence-corrected chi connectivity index (χ4v) is 10.6. The second kappa shape index (κ2) is 33.5. The molecule has 0 unspecified atom stereocenters. The van der Waals surface area contributed by atoms with Gasteiger partial charge >= 0.3 is 0 Å². The first kappa shape index (κ1) is 56.4. The number of carbonyl (C=O) groups is 1. The van der Waals surface area contributed by atoms with Crippen molar-refractivity contribution in [1.29, 1.82) is 0 Å². The summed E-state index contributed by atoms with van der Waals surface area (Å²) in [7, 11) is 0. The number of aliphatic hydroxyl groups excluding tert-OH is 6. The second-order valence-electron chi connectivity index (χ2n) is 20.7. The van der Waals surface area contributed by atoms with Crippen LogP contribution in [0.15, 0.2) is 0 Å². The van der Waals surface area contributed by atoms with Crippen molar-refractivity contribution in [3.05, 3.63) is 0 Å². The molecule has 2 bridgehead atoms. The quantitative estimate of drug-likeness (QED) is 0.0295.